The maximum Gasteiger partial charge on any atom is 0.185 e. The molecule has 1 unspecified atom stereocenters. The summed E-state index contributed by atoms with van der Waals surface area (Å²) in [6.07, 6.45) is -2.20. The molecule has 2 heterocycles. The quantitative estimate of drug-likeness (QED) is 0.624. The molecule has 2 fully saturated rings. The van der Waals surface area contributed by atoms with Gasteiger partial charge in [0.1, 0.15) is 18.3 Å². The number of hydrogen-bond acceptors (Lipinski definition) is 7. The van der Waals surface area contributed by atoms with Crippen LogP contribution in [0.25, 0.3) is 0 Å². The lowest BCUT2D eigenvalue weighted by atomic mass is 9.95. The summed E-state index contributed by atoms with van der Waals surface area (Å²) >= 11 is 4.16. The zero-order valence-corrected chi connectivity index (χ0v) is 12.7. The summed E-state index contributed by atoms with van der Waals surface area (Å²) < 4.78 is 21.9. The van der Waals surface area contributed by atoms with Crippen LogP contribution in [-0.2, 0) is 18.9 Å². The lowest BCUT2D eigenvalue weighted by Gasteiger charge is -2.47. The molecule has 0 spiro atoms. The van der Waals surface area contributed by atoms with Gasteiger partial charge < -0.3 is 29.4 Å². The highest BCUT2D eigenvalue weighted by Crippen LogP contribution is 2.28. The Bertz CT molecular complexity index is 275. The molecule has 0 aromatic heterocycles. The molecule has 6 nitrogen and oxygen atoms in total. The van der Waals surface area contributed by atoms with Gasteiger partial charge in [0.25, 0.3) is 0 Å². The fourth-order valence-corrected chi connectivity index (χ4v) is 2.51. The van der Waals surface area contributed by atoms with Gasteiger partial charge in [-0.15, -0.1) is 12.4 Å². The molecule has 2 saturated heterocycles. The second-order valence-electron chi connectivity index (χ2n) is 4.47. The van der Waals surface area contributed by atoms with Crippen LogP contribution < -0.4 is 5.32 Å². The number of halogens is 1. The predicted octanol–water partition coefficient (Wildman–Crippen LogP) is -0.210. The Morgan fingerprint density at radius 1 is 1.42 bits per heavy atom. The maximum absolute atomic E-state index is 10.2. The number of rotatable bonds is 4. The van der Waals surface area contributed by atoms with Crippen molar-refractivity contribution in [2.75, 3.05) is 26.0 Å². The highest BCUT2D eigenvalue weighted by Gasteiger charge is 2.48. The van der Waals surface area contributed by atoms with E-state index in [1.54, 1.807) is 0 Å². The first-order valence-corrected chi connectivity index (χ1v) is 6.78. The van der Waals surface area contributed by atoms with Crippen LogP contribution in [-0.4, -0.2) is 68.1 Å². The number of fused-ring (bicyclic) bond motifs is 1. The predicted molar refractivity (Wildman–Crippen MR) is 74.9 cm³/mol. The summed E-state index contributed by atoms with van der Waals surface area (Å²) in [6, 6.07) is -0.243. The van der Waals surface area contributed by atoms with E-state index in [2.05, 4.69) is 17.9 Å². The van der Waals surface area contributed by atoms with Crippen LogP contribution in [0.4, 0.5) is 0 Å². The Morgan fingerprint density at radius 3 is 2.79 bits per heavy atom. The normalized spacial score (nSPS) is 42.3. The fourth-order valence-electron chi connectivity index (χ4n) is 2.39. The van der Waals surface area contributed by atoms with Crippen LogP contribution in [0.1, 0.15) is 6.92 Å². The second-order valence-corrected chi connectivity index (χ2v) is 4.92. The van der Waals surface area contributed by atoms with Gasteiger partial charge in [0.2, 0.25) is 0 Å². The summed E-state index contributed by atoms with van der Waals surface area (Å²) in [5, 5.41) is 13.5. The van der Waals surface area contributed by atoms with Gasteiger partial charge in [0.15, 0.2) is 12.6 Å². The van der Waals surface area contributed by atoms with Crippen molar-refractivity contribution in [2.45, 2.75) is 43.9 Å². The molecule has 2 rings (SSSR count). The van der Waals surface area contributed by atoms with E-state index >= 15 is 0 Å². The summed E-state index contributed by atoms with van der Waals surface area (Å²) in [4.78, 5) is 0. The third kappa shape index (κ3) is 3.95. The van der Waals surface area contributed by atoms with Crippen molar-refractivity contribution >= 4 is 25.0 Å². The molecule has 19 heavy (non-hydrogen) atoms. The number of aliphatic hydroxyl groups excluding tert-OH is 1. The van der Waals surface area contributed by atoms with Crippen LogP contribution in [0.3, 0.4) is 0 Å². The average molecular weight is 316 g/mol. The number of hydrogen-bond donors (Lipinski definition) is 3. The van der Waals surface area contributed by atoms with Gasteiger partial charge in [-0.2, -0.15) is 12.6 Å². The SMILES string of the molecule is CO[C@H]1O[C@@H]2COC(C)O[C@H]2[C@@H](NCCS)[C@@H]1O.Cl. The lowest BCUT2D eigenvalue weighted by Crippen LogP contribution is -2.67. The standard InChI is InChI=1S/C11H21NO5S.ClH/c1-6-15-5-7-10(16-6)8(12-3-4-18)9(13)11(14-2)17-7;/h6-13,18H,3-5H2,1-2H3;1H/t6?,7-,8+,9+,10-,11+;/m1./s1. The Labute approximate surface area is 124 Å². The number of methoxy groups -OCH3 is 1. The Hall–Kier alpha value is 0.400. The molecular formula is C11H22ClNO5S. The van der Waals surface area contributed by atoms with Gasteiger partial charge in [0, 0.05) is 19.4 Å². The molecule has 2 aliphatic rings. The average Bonchev–Trinajstić information content (AvgIpc) is 2.37. The first-order chi connectivity index (χ1) is 8.67. The second kappa shape index (κ2) is 7.99. The summed E-state index contributed by atoms with van der Waals surface area (Å²) in [6.45, 7) is 2.96. The van der Waals surface area contributed by atoms with Crippen LogP contribution in [0.15, 0.2) is 0 Å². The van der Waals surface area contributed by atoms with Gasteiger partial charge >= 0.3 is 0 Å². The molecule has 2 aliphatic heterocycles. The summed E-state index contributed by atoms with van der Waals surface area (Å²) in [5.74, 6) is 0.686. The van der Waals surface area contributed by atoms with E-state index in [4.69, 9.17) is 18.9 Å². The van der Waals surface area contributed by atoms with E-state index in [-0.39, 0.29) is 36.9 Å². The number of aliphatic hydroxyl groups is 1. The first-order valence-electron chi connectivity index (χ1n) is 6.15. The minimum Gasteiger partial charge on any atom is -0.386 e. The molecule has 0 aromatic carbocycles. The van der Waals surface area contributed by atoms with Crippen molar-refractivity contribution < 1.29 is 24.1 Å². The van der Waals surface area contributed by atoms with Crippen molar-refractivity contribution in [2.24, 2.45) is 0 Å². The van der Waals surface area contributed by atoms with Gasteiger partial charge in [-0.3, -0.25) is 0 Å². The van der Waals surface area contributed by atoms with Crippen molar-refractivity contribution in [3.05, 3.63) is 0 Å². The van der Waals surface area contributed by atoms with Gasteiger partial charge in [0.05, 0.1) is 12.6 Å². The van der Waals surface area contributed by atoms with Crippen LogP contribution in [0, 0.1) is 0 Å². The molecule has 6 atom stereocenters. The van der Waals surface area contributed by atoms with Gasteiger partial charge in [-0.1, -0.05) is 0 Å². The fraction of sp³-hybridized carbons (Fsp3) is 1.00. The van der Waals surface area contributed by atoms with Crippen molar-refractivity contribution in [1.29, 1.82) is 0 Å². The smallest absolute Gasteiger partial charge is 0.185 e. The van der Waals surface area contributed by atoms with Crippen LogP contribution >= 0.6 is 25.0 Å². The van der Waals surface area contributed by atoms with E-state index in [1.807, 2.05) is 6.92 Å². The Morgan fingerprint density at radius 2 is 2.16 bits per heavy atom. The highest BCUT2D eigenvalue weighted by atomic mass is 35.5. The Balaban J connectivity index is 0.00000180. The Kier molecular flexibility index (Phi) is 7.34. The molecule has 0 radical (unpaired) electrons. The molecule has 114 valence electrons. The number of thiol groups is 1. The van der Waals surface area contributed by atoms with Crippen molar-refractivity contribution in [1.82, 2.24) is 5.32 Å². The third-order valence-corrected chi connectivity index (χ3v) is 3.47. The lowest BCUT2D eigenvalue weighted by molar-refractivity contribution is -0.334. The molecule has 0 amide bonds. The minimum absolute atomic E-state index is 0. The number of nitrogens with one attached hydrogen (secondary N) is 1. The largest absolute Gasteiger partial charge is 0.386 e. The molecule has 8 heteroatoms. The molecule has 0 aromatic rings. The zero-order chi connectivity index (χ0) is 13.1. The highest BCUT2D eigenvalue weighted by molar-refractivity contribution is 7.80. The van der Waals surface area contributed by atoms with Crippen LogP contribution in [0.2, 0.25) is 0 Å². The van der Waals surface area contributed by atoms with Crippen molar-refractivity contribution in [3.8, 4) is 0 Å². The van der Waals surface area contributed by atoms with Crippen LogP contribution in [0.5, 0.6) is 0 Å². The third-order valence-electron chi connectivity index (χ3n) is 3.24. The van der Waals surface area contributed by atoms with Gasteiger partial charge in [-0.25, -0.2) is 0 Å². The molecule has 0 bridgehead atoms. The summed E-state index contributed by atoms with van der Waals surface area (Å²) in [7, 11) is 1.51. The maximum atomic E-state index is 10.2. The zero-order valence-electron chi connectivity index (χ0n) is 11.0. The van der Waals surface area contributed by atoms with E-state index in [0.29, 0.717) is 18.9 Å². The monoisotopic (exact) mass is 315 g/mol. The molecular weight excluding hydrogens is 294 g/mol. The molecule has 2 N–H and O–H groups in total. The first kappa shape index (κ1) is 17.5. The van der Waals surface area contributed by atoms with E-state index in [1.165, 1.54) is 7.11 Å². The van der Waals surface area contributed by atoms with Crippen molar-refractivity contribution in [3.63, 3.8) is 0 Å². The molecule has 0 aliphatic carbocycles. The van der Waals surface area contributed by atoms with E-state index < -0.39 is 12.4 Å². The summed E-state index contributed by atoms with van der Waals surface area (Å²) in [5.41, 5.74) is 0. The topological polar surface area (TPSA) is 69.2 Å². The minimum atomic E-state index is -0.776. The van der Waals surface area contributed by atoms with E-state index in [0.717, 1.165) is 0 Å². The van der Waals surface area contributed by atoms with Gasteiger partial charge in [-0.05, 0) is 6.92 Å². The number of ether oxygens (including phenoxy) is 4. The van der Waals surface area contributed by atoms with E-state index in [9.17, 15) is 5.11 Å². The molecule has 0 saturated carbocycles.